The van der Waals surface area contributed by atoms with Gasteiger partial charge in [-0.1, -0.05) is 47.5 Å². The molecule has 0 unspecified atom stereocenters. The van der Waals surface area contributed by atoms with Gasteiger partial charge in [-0.25, -0.2) is 0 Å². The van der Waals surface area contributed by atoms with Gasteiger partial charge >= 0.3 is 0 Å². The zero-order valence-electron chi connectivity index (χ0n) is 21.9. The number of aryl methyl sites for hydroxylation is 2. The molecule has 1 saturated heterocycles. The van der Waals surface area contributed by atoms with E-state index in [1.54, 1.807) is 12.3 Å². The molecule has 4 aromatic rings. The van der Waals surface area contributed by atoms with Crippen LogP contribution in [0.4, 0.5) is 5.69 Å². The molecule has 1 aliphatic heterocycles. The first kappa shape index (κ1) is 27.2. The van der Waals surface area contributed by atoms with Crippen molar-refractivity contribution in [3.05, 3.63) is 111 Å². The van der Waals surface area contributed by atoms with Crippen molar-refractivity contribution in [2.24, 2.45) is 0 Å². The number of halogens is 2. The molecule has 1 fully saturated rings. The fourth-order valence-electron chi connectivity index (χ4n) is 5.28. The van der Waals surface area contributed by atoms with E-state index in [1.165, 1.54) is 0 Å². The Morgan fingerprint density at radius 2 is 1.85 bits per heavy atom. The predicted molar refractivity (Wildman–Crippen MR) is 162 cm³/mol. The van der Waals surface area contributed by atoms with Gasteiger partial charge in [0.25, 0.3) is 0 Å². The molecule has 2 aromatic carbocycles. The number of nitrogens with one attached hydrogen (secondary N) is 2. The van der Waals surface area contributed by atoms with Gasteiger partial charge in [0.1, 0.15) is 0 Å². The molecule has 5 rings (SSSR count). The summed E-state index contributed by atoms with van der Waals surface area (Å²) in [6.45, 7) is 6.56. The van der Waals surface area contributed by atoms with Crippen LogP contribution in [0.3, 0.4) is 0 Å². The molecule has 0 spiro atoms. The van der Waals surface area contributed by atoms with Gasteiger partial charge < -0.3 is 20.1 Å². The molecule has 1 aliphatic rings. The second kappa shape index (κ2) is 11.4. The lowest BCUT2D eigenvalue weighted by atomic mass is 9.96. The highest BCUT2D eigenvalue weighted by molar-refractivity contribution is 7.80. The summed E-state index contributed by atoms with van der Waals surface area (Å²) in [7, 11) is 0. The summed E-state index contributed by atoms with van der Waals surface area (Å²) in [6, 6.07) is 21.0. The normalized spacial score (nSPS) is 16.8. The van der Waals surface area contributed by atoms with Gasteiger partial charge in [-0.3, -0.25) is 9.78 Å². The number of aromatic nitrogens is 2. The second-order valence-corrected chi connectivity index (χ2v) is 10.9. The second-order valence-electron chi connectivity index (χ2n) is 9.72. The molecule has 39 heavy (non-hydrogen) atoms. The summed E-state index contributed by atoms with van der Waals surface area (Å²) in [6.07, 6.45) is 2.06. The highest BCUT2D eigenvalue weighted by Gasteiger charge is 2.41. The van der Waals surface area contributed by atoms with Crippen LogP contribution in [0.5, 0.6) is 0 Å². The van der Waals surface area contributed by atoms with E-state index >= 15 is 0 Å². The van der Waals surface area contributed by atoms with Gasteiger partial charge in [-0.2, -0.15) is 0 Å². The summed E-state index contributed by atoms with van der Waals surface area (Å²) in [5.74, 6) is -0.0698. The van der Waals surface area contributed by atoms with Crippen LogP contribution in [0.25, 0.3) is 5.69 Å². The zero-order chi connectivity index (χ0) is 27.7. The molecule has 2 atom stereocenters. The maximum Gasteiger partial charge on any atom is 0.226 e. The van der Waals surface area contributed by atoms with Crippen molar-refractivity contribution in [1.29, 1.82) is 0 Å². The fourth-order valence-corrected chi connectivity index (χ4v) is 5.99. The van der Waals surface area contributed by atoms with E-state index in [0.717, 1.165) is 39.6 Å². The number of pyridine rings is 1. The number of amides is 1. The number of rotatable bonds is 7. The van der Waals surface area contributed by atoms with E-state index in [0.29, 0.717) is 21.7 Å². The smallest absolute Gasteiger partial charge is 0.226 e. The van der Waals surface area contributed by atoms with Crippen molar-refractivity contribution in [3.8, 4) is 5.69 Å². The number of nitrogens with zero attached hydrogens (tertiary/aromatic N) is 3. The van der Waals surface area contributed by atoms with E-state index in [-0.39, 0.29) is 24.4 Å². The van der Waals surface area contributed by atoms with Crippen molar-refractivity contribution >= 4 is 52.1 Å². The lowest BCUT2D eigenvalue weighted by Gasteiger charge is -2.28. The molecule has 0 aliphatic carbocycles. The number of hydrogen-bond acceptors (Lipinski definition) is 3. The molecule has 0 saturated carbocycles. The largest absolute Gasteiger partial charge is 0.352 e. The van der Waals surface area contributed by atoms with Crippen LogP contribution in [0.1, 0.15) is 46.7 Å². The molecule has 9 heteroatoms. The highest BCUT2D eigenvalue weighted by atomic mass is 35.5. The molecular formula is C30H29Cl2N5OS. The first-order valence-corrected chi connectivity index (χ1v) is 13.9. The SMILES string of the molecule is Cc1cccc(NC(=O)CCN2C(=S)N[C@H](c3ccccn3)[C@@H]2c2cc(C)n(-c3cccc(Cl)c3Cl)c2C)c1. The average Bonchev–Trinajstić information content (AvgIpc) is 3.39. The average molecular weight is 579 g/mol. The number of benzene rings is 2. The summed E-state index contributed by atoms with van der Waals surface area (Å²) in [4.78, 5) is 19.6. The van der Waals surface area contributed by atoms with E-state index in [2.05, 4.69) is 38.1 Å². The zero-order valence-corrected chi connectivity index (χ0v) is 24.2. The Hall–Kier alpha value is -3.39. The van der Waals surface area contributed by atoms with Crippen molar-refractivity contribution in [2.75, 3.05) is 11.9 Å². The van der Waals surface area contributed by atoms with E-state index in [1.807, 2.05) is 68.4 Å². The summed E-state index contributed by atoms with van der Waals surface area (Å²) < 4.78 is 2.11. The Kier molecular flexibility index (Phi) is 7.93. The quantitative estimate of drug-likeness (QED) is 0.229. The van der Waals surface area contributed by atoms with Gasteiger partial charge in [0.15, 0.2) is 5.11 Å². The van der Waals surface area contributed by atoms with Gasteiger partial charge in [0.05, 0.1) is 33.5 Å². The van der Waals surface area contributed by atoms with Gasteiger partial charge in [-0.15, -0.1) is 0 Å². The van der Waals surface area contributed by atoms with Gasteiger partial charge in [0.2, 0.25) is 5.91 Å². The molecule has 2 aromatic heterocycles. The number of hydrogen-bond donors (Lipinski definition) is 2. The first-order valence-electron chi connectivity index (χ1n) is 12.7. The first-order chi connectivity index (χ1) is 18.7. The Morgan fingerprint density at radius 1 is 1.05 bits per heavy atom. The molecule has 0 bridgehead atoms. The van der Waals surface area contributed by atoms with Crippen molar-refractivity contribution in [1.82, 2.24) is 19.8 Å². The third-order valence-corrected chi connectivity index (χ3v) is 8.20. The Bertz CT molecular complexity index is 1540. The molecule has 1 amide bonds. The van der Waals surface area contributed by atoms with Crippen LogP contribution >= 0.6 is 35.4 Å². The third kappa shape index (κ3) is 5.53. The Morgan fingerprint density at radius 3 is 2.59 bits per heavy atom. The van der Waals surface area contributed by atoms with Gasteiger partial charge in [-0.05, 0) is 86.6 Å². The van der Waals surface area contributed by atoms with Gasteiger partial charge in [0, 0.05) is 36.2 Å². The number of carbonyl (C=O) groups excluding carboxylic acids is 1. The molecule has 3 heterocycles. The third-order valence-electron chi connectivity index (χ3n) is 7.04. The minimum absolute atomic E-state index is 0.0698. The Labute approximate surface area is 244 Å². The topological polar surface area (TPSA) is 62.2 Å². The van der Waals surface area contributed by atoms with Crippen molar-refractivity contribution < 1.29 is 4.79 Å². The van der Waals surface area contributed by atoms with Crippen LogP contribution in [0, 0.1) is 20.8 Å². The lowest BCUT2D eigenvalue weighted by Crippen LogP contribution is -2.32. The maximum atomic E-state index is 12.9. The molecule has 6 nitrogen and oxygen atoms in total. The van der Waals surface area contributed by atoms with Crippen LogP contribution in [-0.4, -0.2) is 32.0 Å². The number of carbonyl (C=O) groups is 1. The molecular weight excluding hydrogens is 549 g/mol. The summed E-state index contributed by atoms with van der Waals surface area (Å²) in [5.41, 5.74) is 6.67. The highest BCUT2D eigenvalue weighted by Crippen LogP contribution is 2.42. The monoisotopic (exact) mass is 577 g/mol. The maximum absolute atomic E-state index is 12.9. The lowest BCUT2D eigenvalue weighted by molar-refractivity contribution is -0.116. The molecule has 0 radical (unpaired) electrons. The van der Waals surface area contributed by atoms with Crippen LogP contribution in [0.15, 0.2) is 72.9 Å². The minimum Gasteiger partial charge on any atom is -0.352 e. The van der Waals surface area contributed by atoms with E-state index in [9.17, 15) is 4.79 Å². The Balaban J connectivity index is 1.49. The minimum atomic E-state index is -0.192. The van der Waals surface area contributed by atoms with Crippen LogP contribution < -0.4 is 10.6 Å². The molecule has 200 valence electrons. The summed E-state index contributed by atoms with van der Waals surface area (Å²) >= 11 is 18.8. The molecule has 2 N–H and O–H groups in total. The van der Waals surface area contributed by atoms with Crippen LogP contribution in [0.2, 0.25) is 10.0 Å². The number of anilines is 1. The van der Waals surface area contributed by atoms with E-state index in [4.69, 9.17) is 35.4 Å². The van der Waals surface area contributed by atoms with Crippen LogP contribution in [-0.2, 0) is 4.79 Å². The summed E-state index contributed by atoms with van der Waals surface area (Å²) in [5, 5.41) is 8.06. The predicted octanol–water partition coefficient (Wildman–Crippen LogP) is 7.11. The van der Waals surface area contributed by atoms with Crippen molar-refractivity contribution in [2.45, 2.75) is 39.3 Å². The van der Waals surface area contributed by atoms with Crippen molar-refractivity contribution in [3.63, 3.8) is 0 Å². The number of thiocarbonyl (C=S) groups is 1. The van der Waals surface area contributed by atoms with E-state index < -0.39 is 0 Å². The fraction of sp³-hybridized carbons (Fsp3) is 0.233. The standard InChI is InChI=1S/C30H29Cl2N5OS/c1-18-8-6-9-21(16-18)34-26(38)13-15-36-29(28(35-30(36)39)24-11-4-5-14-33-24)22-17-19(2)37(20(22)3)25-12-7-10-23(31)27(25)32/h4-12,14,16-17,28-29H,13,15H2,1-3H3,(H,34,38)(H,35,39)/t28-,29+/m1/s1.